The Morgan fingerprint density at radius 2 is 1.13 bits per heavy atom. The molecular weight excluding hydrogens is 519 g/mol. The van der Waals surface area contributed by atoms with Gasteiger partial charge in [-0.25, -0.2) is 4.98 Å². The summed E-state index contributed by atoms with van der Waals surface area (Å²) in [5.41, 5.74) is -2.11. The molecule has 0 radical (unpaired) electrons. The van der Waals surface area contributed by atoms with Gasteiger partial charge in [0.25, 0.3) is 0 Å². The van der Waals surface area contributed by atoms with E-state index in [9.17, 15) is 26.3 Å². The second kappa shape index (κ2) is 9.48. The second-order valence-corrected chi connectivity index (χ2v) is 11.9. The van der Waals surface area contributed by atoms with Crippen molar-refractivity contribution < 1.29 is 26.3 Å². The fourth-order valence-electron chi connectivity index (χ4n) is 4.60. The highest BCUT2D eigenvalue weighted by Crippen LogP contribution is 2.46. The lowest BCUT2D eigenvalue weighted by Crippen LogP contribution is -2.26. The van der Waals surface area contributed by atoms with Crippen molar-refractivity contribution >= 4 is 40.0 Å². The van der Waals surface area contributed by atoms with E-state index in [0.29, 0.717) is 16.9 Å². The van der Waals surface area contributed by atoms with E-state index in [0.717, 1.165) is 22.7 Å². The molecule has 38 heavy (non-hydrogen) atoms. The summed E-state index contributed by atoms with van der Waals surface area (Å²) in [4.78, 5) is 3.58. The van der Waals surface area contributed by atoms with E-state index in [1.165, 1.54) is 6.07 Å². The van der Waals surface area contributed by atoms with Gasteiger partial charge in [-0.1, -0.05) is 97.3 Å². The Bertz CT molecular complexity index is 1610. The molecule has 0 unspecified atom stereocenters. The minimum absolute atomic E-state index is 0.145. The minimum atomic E-state index is -4.86. The average molecular weight is 539 g/mol. The maximum Gasteiger partial charge on any atom is 0.433 e. The van der Waals surface area contributed by atoms with Crippen molar-refractivity contribution in [2.75, 3.05) is 0 Å². The van der Waals surface area contributed by atoms with Crippen molar-refractivity contribution in [3.05, 3.63) is 120 Å². The average Bonchev–Trinajstić information content (AvgIpc) is 2.91. The van der Waals surface area contributed by atoms with E-state index < -0.39 is 30.5 Å². The lowest BCUT2D eigenvalue weighted by Gasteiger charge is -2.29. The van der Waals surface area contributed by atoms with Crippen LogP contribution in [-0.2, 0) is 12.4 Å². The summed E-state index contributed by atoms with van der Waals surface area (Å²) in [5.74, 6) is 0. The number of hydrogen-bond acceptors (Lipinski definition) is 1. The molecule has 0 saturated heterocycles. The van der Waals surface area contributed by atoms with Crippen molar-refractivity contribution in [2.24, 2.45) is 0 Å². The Kier molecular flexibility index (Phi) is 6.44. The summed E-state index contributed by atoms with van der Waals surface area (Å²) in [6.07, 6.45) is -4.90. The third-order valence-corrected chi connectivity index (χ3v) is 10.00. The Morgan fingerprint density at radius 1 is 0.579 bits per heavy atom. The van der Waals surface area contributed by atoms with Gasteiger partial charge in [-0.15, -0.1) is 0 Å². The zero-order valence-corrected chi connectivity index (χ0v) is 20.7. The largest absolute Gasteiger partial charge is 0.433 e. The number of rotatable bonds is 4. The number of hydrogen-bond donors (Lipinski definition) is 0. The summed E-state index contributed by atoms with van der Waals surface area (Å²) < 4.78 is 82.0. The van der Waals surface area contributed by atoms with Crippen molar-refractivity contribution in [1.82, 2.24) is 4.98 Å². The standard InChI is InChI=1S/C30H20F6NP/c1-38(21-10-4-2-5-11-21,22-12-6-3-7-13-22)27-15-9-8-14-24(27)25-19-28(30(34,35)36)37-26-18-20(29(31,32)33)16-17-23(25)26/h2-19H,1H2. The zero-order valence-electron chi connectivity index (χ0n) is 19.8. The van der Waals surface area contributed by atoms with Crippen molar-refractivity contribution in [3.8, 4) is 11.1 Å². The van der Waals surface area contributed by atoms with Gasteiger partial charge in [0.15, 0.2) is 0 Å². The lowest BCUT2D eigenvalue weighted by atomic mass is 9.98. The summed E-state index contributed by atoms with van der Waals surface area (Å²) >= 11 is 0. The first kappa shape index (κ1) is 25.8. The van der Waals surface area contributed by atoms with Crippen molar-refractivity contribution in [1.29, 1.82) is 0 Å². The molecule has 0 aliphatic rings. The first-order valence-electron chi connectivity index (χ1n) is 11.5. The molecule has 8 heteroatoms. The molecule has 1 heterocycles. The highest BCUT2D eigenvalue weighted by atomic mass is 31.2. The molecule has 0 aliphatic heterocycles. The molecule has 0 spiro atoms. The van der Waals surface area contributed by atoms with Crippen LogP contribution in [0.25, 0.3) is 22.0 Å². The normalized spacial score (nSPS) is 12.6. The van der Waals surface area contributed by atoms with Gasteiger partial charge >= 0.3 is 12.4 Å². The van der Waals surface area contributed by atoms with Crippen LogP contribution in [0.3, 0.4) is 0 Å². The van der Waals surface area contributed by atoms with Crippen LogP contribution in [0.15, 0.2) is 109 Å². The van der Waals surface area contributed by atoms with Crippen LogP contribution in [0.2, 0.25) is 0 Å². The molecule has 0 atom stereocenters. The van der Waals surface area contributed by atoms with Crippen molar-refractivity contribution in [2.45, 2.75) is 12.4 Å². The molecule has 0 fully saturated rings. The first-order chi connectivity index (χ1) is 18.0. The van der Waals surface area contributed by atoms with Crippen LogP contribution in [0.1, 0.15) is 11.3 Å². The topological polar surface area (TPSA) is 12.9 Å². The van der Waals surface area contributed by atoms with Gasteiger partial charge in [0.05, 0.1) is 11.1 Å². The number of aromatic nitrogens is 1. The second-order valence-electron chi connectivity index (χ2n) is 8.78. The van der Waals surface area contributed by atoms with Crippen LogP contribution in [-0.4, -0.2) is 11.3 Å². The van der Waals surface area contributed by atoms with Crippen LogP contribution < -0.4 is 15.9 Å². The van der Waals surface area contributed by atoms with Gasteiger partial charge in [-0.3, -0.25) is 0 Å². The zero-order chi connectivity index (χ0) is 27.1. The van der Waals surface area contributed by atoms with Gasteiger partial charge < -0.3 is 0 Å². The third-order valence-electron chi connectivity index (χ3n) is 6.43. The van der Waals surface area contributed by atoms with Crippen LogP contribution in [0.4, 0.5) is 26.3 Å². The monoisotopic (exact) mass is 539 g/mol. The molecule has 5 rings (SSSR count). The number of alkyl halides is 6. The summed E-state index contributed by atoms with van der Waals surface area (Å²) in [7, 11) is 0. The fourth-order valence-corrected chi connectivity index (χ4v) is 7.76. The molecule has 0 amide bonds. The SMILES string of the molecule is C=P(c1ccccc1)(c1ccccc1)c1ccccc1-c1cc(C(F)(F)F)nc2cc(C(F)(F)F)ccc12. The smallest absolute Gasteiger partial charge is 0.243 e. The summed E-state index contributed by atoms with van der Waals surface area (Å²) in [6.45, 7) is -2.63. The number of benzene rings is 4. The predicted molar refractivity (Wildman–Crippen MR) is 143 cm³/mol. The predicted octanol–water partition coefficient (Wildman–Crippen LogP) is 7.67. The van der Waals surface area contributed by atoms with Gasteiger partial charge in [0.1, 0.15) is 5.69 Å². The molecular formula is C30H20F6NP. The van der Waals surface area contributed by atoms with E-state index in [1.54, 1.807) is 18.2 Å². The Hall–Kier alpha value is -3.83. The quantitative estimate of drug-likeness (QED) is 0.169. The maximum absolute atomic E-state index is 13.9. The Labute approximate surface area is 215 Å². The molecule has 0 aliphatic carbocycles. The molecule has 1 nitrogen and oxygen atoms in total. The van der Waals surface area contributed by atoms with Crippen molar-refractivity contribution in [3.63, 3.8) is 0 Å². The van der Waals surface area contributed by atoms with Gasteiger partial charge in [-0.2, -0.15) is 26.3 Å². The number of nitrogens with zero attached hydrogens (tertiary/aromatic N) is 1. The van der Waals surface area contributed by atoms with E-state index in [4.69, 9.17) is 0 Å². The fraction of sp³-hybridized carbons (Fsp3) is 0.0667. The third kappa shape index (κ3) is 4.63. The van der Waals surface area contributed by atoms with E-state index in [1.807, 2.05) is 66.7 Å². The molecule has 4 aromatic carbocycles. The minimum Gasteiger partial charge on any atom is -0.243 e. The molecule has 0 saturated carbocycles. The van der Waals surface area contributed by atoms with Crippen LogP contribution in [0.5, 0.6) is 0 Å². The Morgan fingerprint density at radius 3 is 1.68 bits per heavy atom. The number of halogens is 6. The molecule has 192 valence electrons. The van der Waals surface area contributed by atoms with E-state index in [-0.39, 0.29) is 16.5 Å². The van der Waals surface area contributed by atoms with Crippen LogP contribution >= 0.6 is 6.89 Å². The van der Waals surface area contributed by atoms with Gasteiger partial charge in [0, 0.05) is 5.39 Å². The molecule has 0 N–H and O–H groups in total. The van der Waals surface area contributed by atoms with Crippen LogP contribution in [0, 0.1) is 0 Å². The molecule has 0 bridgehead atoms. The van der Waals surface area contributed by atoms with Gasteiger partial charge in [-0.05, 0) is 52.1 Å². The summed E-state index contributed by atoms with van der Waals surface area (Å²) in [5, 5.41) is 2.71. The Balaban J connectivity index is 1.87. The number of fused-ring (bicyclic) bond motifs is 1. The number of pyridine rings is 1. The van der Waals surface area contributed by atoms with E-state index in [2.05, 4.69) is 11.3 Å². The molecule has 1 aromatic heterocycles. The highest BCUT2D eigenvalue weighted by Gasteiger charge is 2.36. The first-order valence-corrected chi connectivity index (χ1v) is 13.5. The summed E-state index contributed by atoms with van der Waals surface area (Å²) in [6, 6.07) is 29.6. The highest BCUT2D eigenvalue weighted by molar-refractivity contribution is 7.93. The lowest BCUT2D eigenvalue weighted by molar-refractivity contribution is -0.140. The van der Waals surface area contributed by atoms with E-state index >= 15 is 0 Å². The maximum atomic E-state index is 13.9. The molecule has 5 aromatic rings. The van der Waals surface area contributed by atoms with Gasteiger partial charge in [0.2, 0.25) is 0 Å².